The number of hydrogen-bond donors (Lipinski definition) is 0. The standard InChI is InChI=1S/C17H16FNS/c1-2-3-10-20-15-7-5-14(6-8-15)16-9-4-13(12-19)11-17(16)18/h4-9,11H,2-3,10H2,1H3. The maximum Gasteiger partial charge on any atom is 0.132 e. The zero-order valence-electron chi connectivity index (χ0n) is 11.4. The second-order valence-electron chi connectivity index (χ2n) is 4.53. The van der Waals surface area contributed by atoms with Crippen LogP contribution in [0, 0.1) is 17.1 Å². The van der Waals surface area contributed by atoms with Gasteiger partial charge in [0.25, 0.3) is 0 Å². The van der Waals surface area contributed by atoms with Crippen molar-refractivity contribution in [3.63, 3.8) is 0 Å². The molecule has 1 nitrogen and oxygen atoms in total. The van der Waals surface area contributed by atoms with Crippen molar-refractivity contribution in [3.8, 4) is 17.2 Å². The Labute approximate surface area is 123 Å². The summed E-state index contributed by atoms with van der Waals surface area (Å²) < 4.78 is 13.9. The van der Waals surface area contributed by atoms with Crippen molar-refractivity contribution in [2.45, 2.75) is 24.7 Å². The molecule has 0 spiro atoms. The number of hydrogen-bond acceptors (Lipinski definition) is 2. The van der Waals surface area contributed by atoms with Gasteiger partial charge in [0.2, 0.25) is 0 Å². The fourth-order valence-electron chi connectivity index (χ4n) is 1.88. The SMILES string of the molecule is CCCCSc1ccc(-c2ccc(C#N)cc2F)cc1. The second kappa shape index (κ2) is 7.12. The lowest BCUT2D eigenvalue weighted by molar-refractivity contribution is 0.631. The van der Waals surface area contributed by atoms with Gasteiger partial charge in [-0.3, -0.25) is 0 Å². The quantitative estimate of drug-likeness (QED) is 0.553. The van der Waals surface area contributed by atoms with Crippen molar-refractivity contribution in [1.82, 2.24) is 0 Å². The second-order valence-corrected chi connectivity index (χ2v) is 5.70. The molecule has 0 aliphatic carbocycles. The summed E-state index contributed by atoms with van der Waals surface area (Å²) >= 11 is 1.82. The van der Waals surface area contributed by atoms with E-state index in [0.717, 1.165) is 11.3 Å². The summed E-state index contributed by atoms with van der Waals surface area (Å²) in [5.41, 5.74) is 1.72. The van der Waals surface area contributed by atoms with Gasteiger partial charge in [-0.15, -0.1) is 11.8 Å². The van der Waals surface area contributed by atoms with Gasteiger partial charge >= 0.3 is 0 Å². The van der Waals surface area contributed by atoms with Crippen molar-refractivity contribution in [2.24, 2.45) is 0 Å². The molecule has 0 aliphatic rings. The highest BCUT2D eigenvalue weighted by atomic mass is 32.2. The highest BCUT2D eigenvalue weighted by Crippen LogP contribution is 2.27. The molecule has 0 aromatic heterocycles. The van der Waals surface area contributed by atoms with E-state index in [4.69, 9.17) is 5.26 Å². The predicted octanol–water partition coefficient (Wildman–Crippen LogP) is 5.26. The molecule has 0 bridgehead atoms. The maximum absolute atomic E-state index is 13.9. The van der Waals surface area contributed by atoms with E-state index in [-0.39, 0.29) is 5.82 Å². The first-order valence-electron chi connectivity index (χ1n) is 6.67. The normalized spacial score (nSPS) is 10.2. The number of nitriles is 1. The van der Waals surface area contributed by atoms with E-state index in [1.165, 1.54) is 23.8 Å². The van der Waals surface area contributed by atoms with Crippen LogP contribution < -0.4 is 0 Å². The molecule has 2 aromatic rings. The molecule has 0 amide bonds. The summed E-state index contributed by atoms with van der Waals surface area (Å²) in [5.74, 6) is 0.761. The van der Waals surface area contributed by atoms with Crippen LogP contribution in [0.3, 0.4) is 0 Å². The molecule has 0 aliphatic heterocycles. The molecular formula is C17H16FNS. The maximum atomic E-state index is 13.9. The number of nitrogens with zero attached hydrogens (tertiary/aromatic N) is 1. The highest BCUT2D eigenvalue weighted by Gasteiger charge is 2.06. The van der Waals surface area contributed by atoms with E-state index in [1.54, 1.807) is 12.1 Å². The Kier molecular flexibility index (Phi) is 5.20. The van der Waals surface area contributed by atoms with E-state index >= 15 is 0 Å². The van der Waals surface area contributed by atoms with Crippen molar-refractivity contribution in [2.75, 3.05) is 5.75 Å². The zero-order valence-corrected chi connectivity index (χ0v) is 12.2. The molecular weight excluding hydrogens is 269 g/mol. The van der Waals surface area contributed by atoms with E-state index in [9.17, 15) is 4.39 Å². The molecule has 0 saturated heterocycles. The highest BCUT2D eigenvalue weighted by molar-refractivity contribution is 7.99. The molecule has 0 atom stereocenters. The fourth-order valence-corrected chi connectivity index (χ4v) is 2.88. The van der Waals surface area contributed by atoms with Crippen LogP contribution in [0.15, 0.2) is 47.4 Å². The van der Waals surface area contributed by atoms with E-state index in [1.807, 2.05) is 42.1 Å². The summed E-state index contributed by atoms with van der Waals surface area (Å²) in [6, 6.07) is 14.4. The minimum absolute atomic E-state index is 0.345. The van der Waals surface area contributed by atoms with Gasteiger partial charge in [0.15, 0.2) is 0 Å². The Morgan fingerprint density at radius 1 is 1.15 bits per heavy atom. The third-order valence-corrected chi connectivity index (χ3v) is 4.13. The number of halogens is 1. The van der Waals surface area contributed by atoms with Crippen LogP contribution in [0.25, 0.3) is 11.1 Å². The van der Waals surface area contributed by atoms with Gasteiger partial charge in [-0.25, -0.2) is 4.39 Å². The average molecular weight is 285 g/mol. The van der Waals surface area contributed by atoms with Crippen LogP contribution in [0.4, 0.5) is 4.39 Å². The van der Waals surface area contributed by atoms with Crippen molar-refractivity contribution >= 4 is 11.8 Å². The van der Waals surface area contributed by atoms with Crippen molar-refractivity contribution in [3.05, 3.63) is 53.8 Å². The lowest BCUT2D eigenvalue weighted by Gasteiger charge is -2.06. The first-order chi connectivity index (χ1) is 9.74. The monoisotopic (exact) mass is 285 g/mol. The molecule has 0 unspecified atom stereocenters. The van der Waals surface area contributed by atoms with Gasteiger partial charge in [-0.05, 0) is 42.0 Å². The third-order valence-electron chi connectivity index (χ3n) is 3.03. The smallest absolute Gasteiger partial charge is 0.132 e. The third kappa shape index (κ3) is 3.61. The van der Waals surface area contributed by atoms with Gasteiger partial charge in [-0.2, -0.15) is 5.26 Å². The van der Waals surface area contributed by atoms with Crippen LogP contribution in [0.1, 0.15) is 25.3 Å². The Morgan fingerprint density at radius 3 is 2.50 bits per heavy atom. The average Bonchev–Trinajstić information content (AvgIpc) is 2.48. The molecule has 0 fully saturated rings. The molecule has 102 valence electrons. The summed E-state index contributed by atoms with van der Waals surface area (Å²) in [6.07, 6.45) is 2.40. The first kappa shape index (κ1) is 14.6. The minimum Gasteiger partial charge on any atom is -0.206 e. The number of unbranched alkanes of at least 4 members (excludes halogenated alkanes) is 1. The van der Waals surface area contributed by atoms with E-state index < -0.39 is 0 Å². The van der Waals surface area contributed by atoms with Gasteiger partial charge in [-0.1, -0.05) is 31.5 Å². The van der Waals surface area contributed by atoms with E-state index in [2.05, 4.69) is 6.92 Å². The van der Waals surface area contributed by atoms with Crippen LogP contribution >= 0.6 is 11.8 Å². The molecule has 0 radical (unpaired) electrons. The summed E-state index contributed by atoms with van der Waals surface area (Å²) in [7, 11) is 0. The Balaban J connectivity index is 2.16. The summed E-state index contributed by atoms with van der Waals surface area (Å²) in [4.78, 5) is 1.20. The van der Waals surface area contributed by atoms with Crippen LogP contribution in [-0.2, 0) is 0 Å². The number of rotatable bonds is 5. The molecule has 20 heavy (non-hydrogen) atoms. The molecule has 3 heteroatoms. The van der Waals surface area contributed by atoms with E-state index in [0.29, 0.717) is 11.1 Å². The fraction of sp³-hybridized carbons (Fsp3) is 0.235. The predicted molar refractivity (Wildman–Crippen MR) is 82.2 cm³/mol. The molecule has 0 heterocycles. The first-order valence-corrected chi connectivity index (χ1v) is 7.66. The Bertz CT molecular complexity index is 614. The van der Waals surface area contributed by atoms with Crippen molar-refractivity contribution in [1.29, 1.82) is 5.26 Å². The van der Waals surface area contributed by atoms with Gasteiger partial charge < -0.3 is 0 Å². The number of thioether (sulfide) groups is 1. The zero-order chi connectivity index (χ0) is 14.4. The lowest BCUT2D eigenvalue weighted by atomic mass is 10.0. The molecule has 2 rings (SSSR count). The molecule has 0 saturated carbocycles. The van der Waals surface area contributed by atoms with Crippen LogP contribution in [-0.4, -0.2) is 5.75 Å². The molecule has 0 N–H and O–H groups in total. The Hall–Kier alpha value is -1.79. The van der Waals surface area contributed by atoms with Gasteiger partial charge in [0.05, 0.1) is 11.6 Å². The summed E-state index contributed by atoms with van der Waals surface area (Å²) in [6.45, 7) is 2.18. The van der Waals surface area contributed by atoms with Crippen LogP contribution in [0.5, 0.6) is 0 Å². The van der Waals surface area contributed by atoms with Gasteiger partial charge in [0.1, 0.15) is 5.82 Å². The molecule has 2 aromatic carbocycles. The van der Waals surface area contributed by atoms with Gasteiger partial charge in [0, 0.05) is 10.5 Å². The summed E-state index contributed by atoms with van der Waals surface area (Å²) in [5, 5.41) is 8.74. The number of benzene rings is 2. The Morgan fingerprint density at radius 2 is 1.90 bits per heavy atom. The largest absolute Gasteiger partial charge is 0.206 e. The topological polar surface area (TPSA) is 23.8 Å². The lowest BCUT2D eigenvalue weighted by Crippen LogP contribution is -1.86. The van der Waals surface area contributed by atoms with Crippen LogP contribution in [0.2, 0.25) is 0 Å². The minimum atomic E-state index is -0.351. The van der Waals surface area contributed by atoms with Crippen molar-refractivity contribution < 1.29 is 4.39 Å².